The minimum Gasteiger partial charge on any atom is -0.273 e. The van der Waals surface area contributed by atoms with Crippen LogP contribution >= 0.6 is 0 Å². The summed E-state index contributed by atoms with van der Waals surface area (Å²) in [5, 5.41) is 0. The largest absolute Gasteiger partial charge is 0.273 e. The Bertz CT molecular complexity index is 199. The first-order chi connectivity index (χ1) is 5.72. The highest BCUT2D eigenvalue weighted by atomic mass is 14.6. The molecule has 0 aliphatic carbocycles. The summed E-state index contributed by atoms with van der Waals surface area (Å²) in [6, 6.07) is 0. The van der Waals surface area contributed by atoms with Gasteiger partial charge in [-0.1, -0.05) is 38.7 Å². The molecule has 1 nitrogen and oxygen atoms in total. The highest BCUT2D eigenvalue weighted by Crippen LogP contribution is 2.11. The van der Waals surface area contributed by atoms with E-state index in [9.17, 15) is 0 Å². The van der Waals surface area contributed by atoms with E-state index >= 15 is 0 Å². The van der Waals surface area contributed by atoms with Crippen molar-refractivity contribution in [3.63, 3.8) is 0 Å². The van der Waals surface area contributed by atoms with Gasteiger partial charge in [0, 0.05) is 12.1 Å². The second-order valence-corrected chi connectivity index (χ2v) is 2.70. The van der Waals surface area contributed by atoms with Gasteiger partial charge in [0.05, 0.1) is 0 Å². The van der Waals surface area contributed by atoms with E-state index in [0.29, 0.717) is 5.92 Å². The first kappa shape index (κ1) is 10.9. The second-order valence-electron chi connectivity index (χ2n) is 2.70. The van der Waals surface area contributed by atoms with Crippen LogP contribution in [0.15, 0.2) is 41.6 Å². The molecule has 0 spiro atoms. The lowest BCUT2D eigenvalue weighted by atomic mass is 10.0. The Labute approximate surface area is 75.2 Å². The minimum absolute atomic E-state index is 0.346. The molecule has 0 N–H and O–H groups in total. The molecule has 66 valence electrons. The van der Waals surface area contributed by atoms with Crippen LogP contribution in [0.4, 0.5) is 0 Å². The van der Waals surface area contributed by atoms with Crippen LogP contribution in [0.3, 0.4) is 0 Å². The number of allylic oxidation sites excluding steroid dienone is 4. The van der Waals surface area contributed by atoms with Crippen LogP contribution in [-0.4, -0.2) is 6.72 Å². The van der Waals surface area contributed by atoms with Crippen LogP contribution in [0.25, 0.3) is 0 Å². The van der Waals surface area contributed by atoms with Gasteiger partial charge in [0.15, 0.2) is 0 Å². The lowest BCUT2D eigenvalue weighted by Crippen LogP contribution is -1.89. The Morgan fingerprint density at radius 1 is 1.58 bits per heavy atom. The zero-order chi connectivity index (χ0) is 9.40. The Hall–Kier alpha value is -1.11. The average Bonchev–Trinajstić information content (AvgIpc) is 2.10. The summed E-state index contributed by atoms with van der Waals surface area (Å²) in [6.07, 6.45) is 8.90. The normalized spacial score (nSPS) is 13.8. The van der Waals surface area contributed by atoms with Crippen LogP contribution in [0.1, 0.15) is 20.3 Å². The number of nitrogens with zero attached hydrogens (tertiary/aromatic N) is 1. The third-order valence-electron chi connectivity index (χ3n) is 1.63. The molecule has 0 aromatic carbocycles. The molecule has 0 heterocycles. The topological polar surface area (TPSA) is 12.4 Å². The number of hydrogen-bond acceptors (Lipinski definition) is 1. The van der Waals surface area contributed by atoms with Gasteiger partial charge < -0.3 is 0 Å². The van der Waals surface area contributed by atoms with Crippen LogP contribution < -0.4 is 0 Å². The van der Waals surface area contributed by atoms with Gasteiger partial charge in [0.2, 0.25) is 0 Å². The Kier molecular flexibility index (Phi) is 5.98. The average molecular weight is 163 g/mol. The summed E-state index contributed by atoms with van der Waals surface area (Å²) in [4.78, 5) is 3.64. The van der Waals surface area contributed by atoms with Crippen molar-refractivity contribution in [2.75, 3.05) is 0 Å². The maximum Gasteiger partial charge on any atom is 0.0226 e. The molecule has 0 aromatic heterocycles. The molecule has 1 heteroatoms. The number of aliphatic imine (C=N–C) groups is 1. The first-order valence-electron chi connectivity index (χ1n) is 4.20. The van der Waals surface area contributed by atoms with E-state index in [0.717, 1.165) is 12.0 Å². The third kappa shape index (κ3) is 4.67. The second kappa shape index (κ2) is 6.59. The fourth-order valence-electron chi connectivity index (χ4n) is 0.735. The van der Waals surface area contributed by atoms with Crippen molar-refractivity contribution >= 4 is 6.72 Å². The van der Waals surface area contributed by atoms with Crippen LogP contribution in [0.5, 0.6) is 0 Å². The van der Waals surface area contributed by atoms with Crippen molar-refractivity contribution in [3.05, 3.63) is 36.6 Å². The fraction of sp³-hybridized carbons (Fsp3) is 0.364. The van der Waals surface area contributed by atoms with E-state index in [1.54, 1.807) is 6.20 Å². The maximum atomic E-state index is 3.94. The highest BCUT2D eigenvalue weighted by Gasteiger charge is 1.96. The first-order valence-corrected chi connectivity index (χ1v) is 4.20. The van der Waals surface area contributed by atoms with E-state index in [2.05, 4.69) is 44.3 Å². The summed E-state index contributed by atoms with van der Waals surface area (Å²) in [5.74, 6) is 0.346. The van der Waals surface area contributed by atoms with Crippen molar-refractivity contribution in [2.24, 2.45) is 10.9 Å². The van der Waals surface area contributed by atoms with E-state index in [4.69, 9.17) is 0 Å². The predicted molar refractivity (Wildman–Crippen MR) is 56.4 cm³/mol. The smallest absolute Gasteiger partial charge is 0.0226 e. The summed E-state index contributed by atoms with van der Waals surface area (Å²) < 4.78 is 0. The van der Waals surface area contributed by atoms with Gasteiger partial charge in [-0.3, -0.25) is 4.99 Å². The molecule has 1 atom stereocenters. The van der Waals surface area contributed by atoms with Crippen molar-refractivity contribution in [1.82, 2.24) is 0 Å². The third-order valence-corrected chi connectivity index (χ3v) is 1.63. The lowest BCUT2D eigenvalue weighted by molar-refractivity contribution is 0.891. The van der Waals surface area contributed by atoms with Gasteiger partial charge >= 0.3 is 0 Å². The van der Waals surface area contributed by atoms with E-state index in [-0.39, 0.29) is 0 Å². The molecule has 0 radical (unpaired) electrons. The molecule has 0 rings (SSSR count). The van der Waals surface area contributed by atoms with Crippen molar-refractivity contribution < 1.29 is 0 Å². The van der Waals surface area contributed by atoms with Gasteiger partial charge in [0.25, 0.3) is 0 Å². The van der Waals surface area contributed by atoms with E-state index in [1.807, 2.05) is 6.08 Å². The van der Waals surface area contributed by atoms with Gasteiger partial charge in [-0.15, -0.1) is 0 Å². The summed E-state index contributed by atoms with van der Waals surface area (Å²) in [6.45, 7) is 11.5. The van der Waals surface area contributed by atoms with Crippen molar-refractivity contribution in [2.45, 2.75) is 20.3 Å². The monoisotopic (exact) mass is 163 g/mol. The summed E-state index contributed by atoms with van der Waals surface area (Å²) in [5.41, 5.74) is 1.11. The maximum absolute atomic E-state index is 3.94. The van der Waals surface area contributed by atoms with E-state index in [1.165, 1.54) is 0 Å². The molecule has 0 bridgehead atoms. The summed E-state index contributed by atoms with van der Waals surface area (Å²) >= 11 is 0. The molecule has 0 amide bonds. The zero-order valence-electron chi connectivity index (χ0n) is 7.96. The Balaban J connectivity index is 4.01. The number of hydrogen-bond donors (Lipinski definition) is 0. The molecule has 0 aromatic rings. The SMILES string of the molecule is C=N/C=C\C(C)C(=C)/C=C\CC. The van der Waals surface area contributed by atoms with E-state index < -0.39 is 0 Å². The standard InChI is InChI=1S/C11H17N/c1-5-6-7-10(2)11(3)8-9-12-4/h6-9,11H,2,4-5H2,1,3H3/b7-6-,9-8-. The number of rotatable bonds is 5. The molecule has 0 saturated heterocycles. The Morgan fingerprint density at radius 3 is 2.75 bits per heavy atom. The van der Waals surface area contributed by atoms with Gasteiger partial charge in [0.1, 0.15) is 0 Å². The van der Waals surface area contributed by atoms with Crippen molar-refractivity contribution in [1.29, 1.82) is 0 Å². The molecular weight excluding hydrogens is 146 g/mol. The lowest BCUT2D eigenvalue weighted by Gasteiger charge is -2.03. The molecular formula is C11H17N. The molecule has 0 fully saturated rings. The molecule has 0 aliphatic heterocycles. The molecule has 0 aliphatic rings. The highest BCUT2D eigenvalue weighted by molar-refractivity contribution is 5.27. The summed E-state index contributed by atoms with van der Waals surface area (Å²) in [7, 11) is 0. The van der Waals surface area contributed by atoms with Crippen LogP contribution in [-0.2, 0) is 0 Å². The quantitative estimate of drug-likeness (QED) is 0.435. The molecule has 1 unspecified atom stereocenters. The Morgan fingerprint density at radius 2 is 2.25 bits per heavy atom. The molecule has 12 heavy (non-hydrogen) atoms. The zero-order valence-corrected chi connectivity index (χ0v) is 7.96. The van der Waals surface area contributed by atoms with Crippen LogP contribution in [0.2, 0.25) is 0 Å². The van der Waals surface area contributed by atoms with Crippen molar-refractivity contribution in [3.8, 4) is 0 Å². The van der Waals surface area contributed by atoms with Gasteiger partial charge in [-0.25, -0.2) is 0 Å². The minimum atomic E-state index is 0.346. The van der Waals surface area contributed by atoms with Crippen LogP contribution in [0, 0.1) is 5.92 Å². The molecule has 0 saturated carbocycles. The van der Waals surface area contributed by atoms with Gasteiger partial charge in [-0.2, -0.15) is 0 Å². The predicted octanol–water partition coefficient (Wildman–Crippen LogP) is 3.36. The fourth-order valence-corrected chi connectivity index (χ4v) is 0.735. The van der Waals surface area contributed by atoms with Gasteiger partial charge in [-0.05, 0) is 18.7 Å².